The summed E-state index contributed by atoms with van der Waals surface area (Å²) >= 11 is 2.14. The molecule has 0 radical (unpaired) electrons. The van der Waals surface area contributed by atoms with Gasteiger partial charge in [-0.25, -0.2) is 0 Å². The SMILES string of the molecule is COc1cc(I)c(NC(=O)c2ccnc3cc4c(cc23)OCO4)cc1OC. The van der Waals surface area contributed by atoms with Crippen LogP contribution in [0, 0.1) is 3.57 Å². The van der Waals surface area contributed by atoms with Crippen LogP contribution in [-0.2, 0) is 0 Å². The molecule has 0 saturated heterocycles. The summed E-state index contributed by atoms with van der Waals surface area (Å²) in [6.07, 6.45) is 1.60. The summed E-state index contributed by atoms with van der Waals surface area (Å²) in [5.74, 6) is 2.11. The van der Waals surface area contributed by atoms with E-state index >= 15 is 0 Å². The molecule has 0 fully saturated rings. The zero-order valence-corrected chi connectivity index (χ0v) is 16.7. The van der Waals surface area contributed by atoms with Crippen LogP contribution in [0.1, 0.15) is 10.4 Å². The average molecular weight is 478 g/mol. The Morgan fingerprint density at radius 3 is 2.56 bits per heavy atom. The van der Waals surface area contributed by atoms with Gasteiger partial charge in [-0.15, -0.1) is 0 Å². The predicted molar refractivity (Wildman–Crippen MR) is 108 cm³/mol. The van der Waals surface area contributed by atoms with Crippen molar-refractivity contribution in [2.24, 2.45) is 0 Å². The van der Waals surface area contributed by atoms with E-state index in [-0.39, 0.29) is 12.7 Å². The van der Waals surface area contributed by atoms with Gasteiger partial charge in [-0.1, -0.05) is 0 Å². The Morgan fingerprint density at radius 2 is 1.81 bits per heavy atom. The van der Waals surface area contributed by atoms with Crippen molar-refractivity contribution in [1.82, 2.24) is 4.98 Å². The first-order chi connectivity index (χ1) is 13.1. The fourth-order valence-corrected chi connectivity index (χ4v) is 3.45. The topological polar surface area (TPSA) is 78.9 Å². The van der Waals surface area contributed by atoms with E-state index in [2.05, 4.69) is 32.9 Å². The smallest absolute Gasteiger partial charge is 0.256 e. The molecule has 3 aromatic rings. The number of ether oxygens (including phenoxy) is 4. The number of halogens is 1. The molecule has 1 amide bonds. The van der Waals surface area contributed by atoms with Gasteiger partial charge in [-0.05, 0) is 40.8 Å². The van der Waals surface area contributed by atoms with Crippen LogP contribution in [0.25, 0.3) is 10.9 Å². The summed E-state index contributed by atoms with van der Waals surface area (Å²) in [4.78, 5) is 17.3. The van der Waals surface area contributed by atoms with Gasteiger partial charge in [0.05, 0.1) is 31.0 Å². The maximum atomic E-state index is 12.9. The molecule has 1 aromatic heterocycles. The van der Waals surface area contributed by atoms with E-state index in [1.165, 1.54) is 0 Å². The molecular weight excluding hydrogens is 463 g/mol. The third-order valence-electron chi connectivity index (χ3n) is 4.20. The number of hydrogen-bond acceptors (Lipinski definition) is 6. The van der Waals surface area contributed by atoms with Crippen molar-refractivity contribution in [1.29, 1.82) is 0 Å². The van der Waals surface area contributed by atoms with Crippen LogP contribution in [0.15, 0.2) is 36.5 Å². The van der Waals surface area contributed by atoms with Crippen molar-refractivity contribution in [3.8, 4) is 23.0 Å². The summed E-state index contributed by atoms with van der Waals surface area (Å²) in [6.45, 7) is 0.164. The van der Waals surface area contributed by atoms with Crippen LogP contribution < -0.4 is 24.3 Å². The second-order valence-electron chi connectivity index (χ2n) is 5.72. The molecule has 0 bridgehead atoms. The van der Waals surface area contributed by atoms with E-state index in [1.54, 1.807) is 50.7 Å². The normalized spacial score (nSPS) is 12.1. The Kier molecular flexibility index (Phi) is 4.65. The van der Waals surface area contributed by atoms with Crippen LogP contribution in [0.5, 0.6) is 23.0 Å². The van der Waals surface area contributed by atoms with Gasteiger partial charge in [0.1, 0.15) is 0 Å². The molecular formula is C19H15IN2O5. The molecule has 1 aliphatic heterocycles. The van der Waals surface area contributed by atoms with Crippen molar-refractivity contribution >= 4 is 45.1 Å². The van der Waals surface area contributed by atoms with Gasteiger partial charge < -0.3 is 24.3 Å². The van der Waals surface area contributed by atoms with Crippen LogP contribution in [-0.4, -0.2) is 31.9 Å². The molecule has 0 aliphatic carbocycles. The number of carbonyl (C=O) groups excluding carboxylic acids is 1. The Balaban J connectivity index is 1.72. The highest BCUT2D eigenvalue weighted by Crippen LogP contribution is 2.37. The number of benzene rings is 2. The third-order valence-corrected chi connectivity index (χ3v) is 5.09. The number of nitrogens with zero attached hydrogens (tertiary/aromatic N) is 1. The summed E-state index contributed by atoms with van der Waals surface area (Å²) in [5.41, 5.74) is 1.78. The van der Waals surface area contributed by atoms with Gasteiger partial charge >= 0.3 is 0 Å². The number of carbonyl (C=O) groups is 1. The molecule has 1 N–H and O–H groups in total. The van der Waals surface area contributed by atoms with E-state index in [0.717, 1.165) is 3.57 Å². The van der Waals surface area contributed by atoms with Crippen molar-refractivity contribution in [3.05, 3.63) is 45.7 Å². The van der Waals surface area contributed by atoms with E-state index in [9.17, 15) is 4.79 Å². The van der Waals surface area contributed by atoms with E-state index in [0.29, 0.717) is 45.2 Å². The number of methoxy groups -OCH3 is 2. The van der Waals surface area contributed by atoms with Gasteiger partial charge in [0.25, 0.3) is 5.91 Å². The van der Waals surface area contributed by atoms with Crippen molar-refractivity contribution in [2.45, 2.75) is 0 Å². The first kappa shape index (κ1) is 17.7. The maximum absolute atomic E-state index is 12.9. The second-order valence-corrected chi connectivity index (χ2v) is 6.88. The lowest BCUT2D eigenvalue weighted by atomic mass is 10.1. The molecule has 138 valence electrons. The van der Waals surface area contributed by atoms with Crippen molar-refractivity contribution in [3.63, 3.8) is 0 Å². The van der Waals surface area contributed by atoms with Crippen LogP contribution >= 0.6 is 22.6 Å². The number of aromatic nitrogens is 1. The zero-order valence-electron chi connectivity index (χ0n) is 14.5. The average Bonchev–Trinajstić information content (AvgIpc) is 3.14. The zero-order chi connectivity index (χ0) is 19.0. The minimum absolute atomic E-state index is 0.164. The standard InChI is InChI=1S/C19H15IN2O5/c1-24-15-6-12(20)14(8-16(15)25-2)22-19(23)10-3-4-21-13-7-18-17(5-11(10)13)26-9-27-18/h3-8H,9H2,1-2H3,(H,22,23). The number of amides is 1. The molecule has 0 saturated carbocycles. The lowest BCUT2D eigenvalue weighted by molar-refractivity contribution is 0.102. The molecule has 8 heteroatoms. The molecule has 1 aliphatic rings. The summed E-state index contributed by atoms with van der Waals surface area (Å²) in [5, 5.41) is 3.62. The second kappa shape index (κ2) is 7.10. The quantitative estimate of drug-likeness (QED) is 0.575. The van der Waals surface area contributed by atoms with Gasteiger partial charge in [0.2, 0.25) is 6.79 Å². The Bertz CT molecular complexity index is 1050. The Labute approximate surface area is 168 Å². The minimum Gasteiger partial charge on any atom is -0.493 e. The first-order valence-corrected chi connectivity index (χ1v) is 9.10. The van der Waals surface area contributed by atoms with Crippen molar-refractivity contribution in [2.75, 3.05) is 26.3 Å². The van der Waals surface area contributed by atoms with E-state index < -0.39 is 0 Å². The lowest BCUT2D eigenvalue weighted by Crippen LogP contribution is -2.14. The van der Waals surface area contributed by atoms with Crippen LogP contribution in [0.2, 0.25) is 0 Å². The molecule has 2 aromatic carbocycles. The Hall–Kier alpha value is -2.75. The minimum atomic E-state index is -0.258. The van der Waals surface area contributed by atoms with Crippen LogP contribution in [0.4, 0.5) is 5.69 Å². The number of nitrogens with one attached hydrogen (secondary N) is 1. The number of rotatable bonds is 4. The van der Waals surface area contributed by atoms with E-state index in [1.807, 2.05) is 0 Å². The lowest BCUT2D eigenvalue weighted by Gasteiger charge is -2.13. The molecule has 0 spiro atoms. The predicted octanol–water partition coefficient (Wildman–Crippen LogP) is 3.84. The van der Waals surface area contributed by atoms with E-state index in [4.69, 9.17) is 18.9 Å². The molecule has 0 unspecified atom stereocenters. The van der Waals surface area contributed by atoms with Gasteiger partial charge in [0.15, 0.2) is 23.0 Å². The fraction of sp³-hybridized carbons (Fsp3) is 0.158. The number of pyridine rings is 1. The third kappa shape index (κ3) is 3.20. The molecule has 0 atom stereocenters. The number of fused-ring (bicyclic) bond motifs is 2. The summed E-state index contributed by atoms with van der Waals surface area (Å²) in [6, 6.07) is 8.76. The Morgan fingerprint density at radius 1 is 1.11 bits per heavy atom. The van der Waals surface area contributed by atoms with Gasteiger partial charge in [-0.2, -0.15) is 0 Å². The van der Waals surface area contributed by atoms with Gasteiger partial charge in [-0.3, -0.25) is 9.78 Å². The molecule has 27 heavy (non-hydrogen) atoms. The fourth-order valence-electron chi connectivity index (χ4n) is 2.87. The largest absolute Gasteiger partial charge is 0.493 e. The summed E-state index contributed by atoms with van der Waals surface area (Å²) in [7, 11) is 3.12. The maximum Gasteiger partial charge on any atom is 0.256 e. The monoisotopic (exact) mass is 478 g/mol. The molecule has 7 nitrogen and oxygen atoms in total. The van der Waals surface area contributed by atoms with Crippen LogP contribution in [0.3, 0.4) is 0 Å². The van der Waals surface area contributed by atoms with Gasteiger partial charge in [0, 0.05) is 27.3 Å². The molecule has 2 heterocycles. The summed E-state index contributed by atoms with van der Waals surface area (Å²) < 4.78 is 22.2. The number of anilines is 1. The molecule has 4 rings (SSSR count). The highest BCUT2D eigenvalue weighted by molar-refractivity contribution is 14.1. The van der Waals surface area contributed by atoms with Crippen molar-refractivity contribution < 1.29 is 23.7 Å². The number of hydrogen-bond donors (Lipinski definition) is 1. The highest BCUT2D eigenvalue weighted by atomic mass is 127. The highest BCUT2D eigenvalue weighted by Gasteiger charge is 2.19. The first-order valence-electron chi connectivity index (χ1n) is 8.02.